The Morgan fingerprint density at radius 1 is 1.19 bits per heavy atom. The lowest BCUT2D eigenvalue weighted by Crippen LogP contribution is -2.20. The van der Waals surface area contributed by atoms with Crippen molar-refractivity contribution >= 4 is 71.5 Å². The summed E-state index contributed by atoms with van der Waals surface area (Å²) in [4.78, 5) is 18.2. The van der Waals surface area contributed by atoms with Crippen molar-refractivity contribution in [1.29, 1.82) is 0 Å². The molecule has 5 rings (SSSR count). The first-order valence-electron chi connectivity index (χ1n) is 10.8. The van der Waals surface area contributed by atoms with E-state index in [-0.39, 0.29) is 18.0 Å². The lowest BCUT2D eigenvalue weighted by molar-refractivity contribution is 0.328. The number of methoxy groups -OCH3 is 1. The van der Waals surface area contributed by atoms with Crippen LogP contribution in [0.15, 0.2) is 77.9 Å². The highest BCUT2D eigenvalue weighted by molar-refractivity contribution is 9.13. The predicted octanol–water partition coefficient (Wildman–Crippen LogP) is 6.89. The molecule has 0 aliphatic heterocycles. The molecule has 0 bridgehead atoms. The van der Waals surface area contributed by atoms with E-state index in [1.165, 1.54) is 18.0 Å². The molecule has 0 N–H and O–H groups in total. The minimum Gasteiger partial charge on any atom is -0.493 e. The van der Waals surface area contributed by atoms with Gasteiger partial charge in [0.05, 0.1) is 28.7 Å². The third-order valence-electron chi connectivity index (χ3n) is 5.44. The van der Waals surface area contributed by atoms with Gasteiger partial charge in [0.1, 0.15) is 12.2 Å². The summed E-state index contributed by atoms with van der Waals surface area (Å²) in [6.45, 7) is 0.0685. The number of furan rings is 1. The van der Waals surface area contributed by atoms with Gasteiger partial charge < -0.3 is 13.9 Å². The fraction of sp³-hybridized carbons (Fsp3) is 0.0741. The van der Waals surface area contributed by atoms with E-state index in [0.29, 0.717) is 53.3 Å². The first-order chi connectivity index (χ1) is 17.9. The van der Waals surface area contributed by atoms with E-state index in [9.17, 15) is 4.79 Å². The minimum atomic E-state index is -0.355. The fourth-order valence-corrected chi connectivity index (χ4v) is 4.85. The Bertz CT molecular complexity index is 1800. The third-order valence-corrected chi connectivity index (χ3v) is 7.82. The maximum absolute atomic E-state index is 13.5. The van der Waals surface area contributed by atoms with Gasteiger partial charge in [-0.25, -0.2) is 4.98 Å². The van der Waals surface area contributed by atoms with Crippen molar-refractivity contribution in [2.75, 3.05) is 13.7 Å². The second kappa shape index (κ2) is 10.4. The van der Waals surface area contributed by atoms with Gasteiger partial charge in [0.15, 0.2) is 17.3 Å². The highest BCUT2D eigenvalue weighted by Crippen LogP contribution is 2.42. The molecule has 2 aromatic heterocycles. The zero-order valence-electron chi connectivity index (χ0n) is 19.2. The molecule has 37 heavy (non-hydrogen) atoms. The van der Waals surface area contributed by atoms with Crippen LogP contribution < -0.4 is 15.0 Å². The van der Waals surface area contributed by atoms with Crippen LogP contribution in [0.3, 0.4) is 0 Å². The van der Waals surface area contributed by atoms with Crippen LogP contribution in [0, 0.1) is 12.3 Å². The molecule has 0 fully saturated rings. The Hall–Kier alpha value is -3.58. The molecule has 0 saturated carbocycles. The molecular weight excluding hydrogens is 626 g/mol. The van der Waals surface area contributed by atoms with Gasteiger partial charge in [-0.15, -0.1) is 6.42 Å². The average Bonchev–Trinajstić information content (AvgIpc) is 3.32. The molecule has 10 heteroatoms. The van der Waals surface area contributed by atoms with Crippen molar-refractivity contribution < 1.29 is 13.9 Å². The Labute approximate surface area is 232 Å². The Balaban J connectivity index is 1.69. The van der Waals surface area contributed by atoms with Crippen molar-refractivity contribution in [3.8, 4) is 35.4 Å². The quantitative estimate of drug-likeness (QED) is 0.149. The molecule has 0 unspecified atom stereocenters. The fourth-order valence-electron chi connectivity index (χ4n) is 3.73. The van der Waals surface area contributed by atoms with Crippen LogP contribution >= 0.6 is 43.5 Å². The summed E-state index contributed by atoms with van der Waals surface area (Å²) < 4.78 is 19.5. The van der Waals surface area contributed by atoms with Crippen LogP contribution in [0.4, 0.5) is 0 Å². The zero-order valence-corrected chi connectivity index (χ0v) is 23.1. The Morgan fingerprint density at radius 2 is 2.00 bits per heavy atom. The van der Waals surface area contributed by atoms with Crippen LogP contribution in [-0.4, -0.2) is 29.6 Å². The number of ether oxygens (including phenoxy) is 2. The van der Waals surface area contributed by atoms with E-state index in [0.717, 1.165) is 5.39 Å². The van der Waals surface area contributed by atoms with Crippen molar-refractivity contribution in [3.05, 3.63) is 84.5 Å². The third kappa shape index (κ3) is 4.76. The van der Waals surface area contributed by atoms with Crippen LogP contribution in [0.2, 0.25) is 5.02 Å². The maximum atomic E-state index is 13.5. The molecule has 0 saturated heterocycles. The lowest BCUT2D eigenvalue weighted by atomic mass is 10.2. The monoisotopic (exact) mass is 639 g/mol. The summed E-state index contributed by atoms with van der Waals surface area (Å²) in [5.74, 6) is 3.91. The normalized spacial score (nSPS) is 11.3. The van der Waals surface area contributed by atoms with Crippen molar-refractivity contribution in [3.63, 3.8) is 0 Å². The largest absolute Gasteiger partial charge is 0.493 e. The minimum absolute atomic E-state index is 0.0685. The Kier molecular flexibility index (Phi) is 7.07. The second-order valence-corrected chi connectivity index (χ2v) is 9.75. The van der Waals surface area contributed by atoms with Gasteiger partial charge in [0.25, 0.3) is 5.56 Å². The Morgan fingerprint density at radius 3 is 2.78 bits per heavy atom. The summed E-state index contributed by atoms with van der Waals surface area (Å²) in [5, 5.41) is 6.27. The first kappa shape index (κ1) is 25.1. The molecule has 0 atom stereocenters. The van der Waals surface area contributed by atoms with Crippen LogP contribution in [0.25, 0.3) is 33.5 Å². The van der Waals surface area contributed by atoms with E-state index in [4.69, 9.17) is 36.9 Å². The predicted molar refractivity (Wildman–Crippen MR) is 152 cm³/mol. The standard InChI is InChI=1S/C27H16Br2ClN3O4/c1-3-10-36-25-21(35-2)13-16(23(28)24(25)29)14-31-33-26(32-19-7-5-4-6-18(19)27(33)34)22-12-15-11-17(30)8-9-20(15)37-22/h1,4-9,11-14H,10H2,2H3. The smallest absolute Gasteiger partial charge is 0.282 e. The summed E-state index contributed by atoms with van der Waals surface area (Å²) in [7, 11) is 1.52. The van der Waals surface area contributed by atoms with Crippen molar-refractivity contribution in [2.45, 2.75) is 0 Å². The highest BCUT2D eigenvalue weighted by atomic mass is 79.9. The summed E-state index contributed by atoms with van der Waals surface area (Å²) in [6.07, 6.45) is 6.85. The molecule has 2 heterocycles. The summed E-state index contributed by atoms with van der Waals surface area (Å²) in [5.41, 5.74) is 1.38. The van der Waals surface area contributed by atoms with Crippen molar-refractivity contribution in [2.24, 2.45) is 5.10 Å². The van der Waals surface area contributed by atoms with Gasteiger partial charge in [0, 0.05) is 20.4 Å². The van der Waals surface area contributed by atoms with Crippen LogP contribution in [-0.2, 0) is 0 Å². The number of hydrogen-bond acceptors (Lipinski definition) is 6. The van der Waals surface area contributed by atoms with E-state index in [1.807, 2.05) is 6.07 Å². The van der Waals surface area contributed by atoms with Gasteiger partial charge >= 0.3 is 0 Å². The van der Waals surface area contributed by atoms with E-state index in [1.54, 1.807) is 48.5 Å². The number of fused-ring (bicyclic) bond motifs is 2. The number of terminal acetylenes is 1. The molecule has 5 aromatic rings. The number of benzene rings is 3. The van der Waals surface area contributed by atoms with Gasteiger partial charge in [-0.05, 0) is 74.3 Å². The SMILES string of the molecule is C#CCOc1c(OC)cc(C=Nn2c(-c3cc4cc(Cl)ccc4o3)nc3ccccc3c2=O)c(Br)c1Br. The summed E-state index contributed by atoms with van der Waals surface area (Å²) in [6, 6.07) is 15.8. The first-order valence-corrected chi connectivity index (χ1v) is 12.8. The van der Waals surface area contributed by atoms with Gasteiger partial charge in [-0.3, -0.25) is 4.79 Å². The number of halogens is 3. The molecule has 0 aliphatic carbocycles. The molecule has 0 amide bonds. The topological polar surface area (TPSA) is 78.8 Å². The van der Waals surface area contributed by atoms with Gasteiger partial charge in [-0.2, -0.15) is 9.78 Å². The number of hydrogen-bond donors (Lipinski definition) is 0. The van der Waals surface area contributed by atoms with Gasteiger partial charge in [-0.1, -0.05) is 29.7 Å². The maximum Gasteiger partial charge on any atom is 0.282 e. The number of nitrogens with zero attached hydrogens (tertiary/aromatic N) is 3. The number of rotatable bonds is 6. The van der Waals surface area contributed by atoms with E-state index >= 15 is 0 Å². The summed E-state index contributed by atoms with van der Waals surface area (Å²) >= 11 is 13.2. The molecule has 0 spiro atoms. The van der Waals surface area contributed by atoms with Gasteiger partial charge in [0.2, 0.25) is 5.82 Å². The molecular formula is C27H16Br2ClN3O4. The molecule has 0 aliphatic rings. The van der Waals surface area contributed by atoms with Crippen LogP contribution in [0.5, 0.6) is 11.5 Å². The second-order valence-electron chi connectivity index (χ2n) is 7.72. The molecule has 7 nitrogen and oxygen atoms in total. The molecule has 184 valence electrons. The molecule has 3 aromatic carbocycles. The number of aromatic nitrogens is 2. The molecule has 0 radical (unpaired) electrons. The highest BCUT2D eigenvalue weighted by Gasteiger charge is 2.19. The van der Waals surface area contributed by atoms with E-state index < -0.39 is 0 Å². The van der Waals surface area contributed by atoms with Crippen molar-refractivity contribution in [1.82, 2.24) is 9.66 Å². The average molecular weight is 642 g/mol. The van der Waals surface area contributed by atoms with E-state index in [2.05, 4.69) is 42.9 Å². The number of para-hydroxylation sites is 1. The zero-order chi connectivity index (χ0) is 26.1. The lowest BCUT2D eigenvalue weighted by Gasteiger charge is -2.14. The van der Waals surface area contributed by atoms with Crippen LogP contribution in [0.1, 0.15) is 5.56 Å².